The van der Waals surface area contributed by atoms with Gasteiger partial charge in [0.25, 0.3) is 0 Å². The second-order valence-corrected chi connectivity index (χ2v) is 6.76. The predicted molar refractivity (Wildman–Crippen MR) is 105 cm³/mol. The van der Waals surface area contributed by atoms with E-state index < -0.39 is 0 Å². The van der Waals surface area contributed by atoms with Crippen LogP contribution in [0.2, 0.25) is 0 Å². The number of carbonyl (C=O) groups is 1. The Labute approximate surface area is 161 Å². The van der Waals surface area contributed by atoms with Gasteiger partial charge in [0.2, 0.25) is 0 Å². The molecule has 0 bridgehead atoms. The number of hydrogen-bond acceptors (Lipinski definition) is 5. The van der Waals surface area contributed by atoms with Crippen molar-refractivity contribution < 1.29 is 19.4 Å². The molecule has 2 aromatic carbocycles. The molecule has 0 atom stereocenters. The molecule has 0 spiro atoms. The van der Waals surface area contributed by atoms with Crippen molar-refractivity contribution in [2.24, 2.45) is 0 Å². The van der Waals surface area contributed by atoms with Gasteiger partial charge in [0.15, 0.2) is 17.3 Å². The fourth-order valence-electron chi connectivity index (χ4n) is 2.79. The molecule has 1 fully saturated rings. The SMILES string of the molecule is COc1cc(C=CC(=O)c2cccc(N3CCOCC3)c2)cc(Br)c1O. The molecule has 136 valence electrons. The fourth-order valence-corrected chi connectivity index (χ4v) is 3.25. The van der Waals surface area contributed by atoms with Gasteiger partial charge in [-0.15, -0.1) is 0 Å². The minimum absolute atomic E-state index is 0.0363. The second kappa shape index (κ2) is 8.38. The first-order valence-corrected chi connectivity index (χ1v) is 9.09. The van der Waals surface area contributed by atoms with Crippen LogP contribution in [0.1, 0.15) is 15.9 Å². The number of nitrogens with zero attached hydrogens (tertiary/aromatic N) is 1. The Kier molecular flexibility index (Phi) is 5.96. The van der Waals surface area contributed by atoms with Gasteiger partial charge in [-0.2, -0.15) is 0 Å². The molecule has 0 radical (unpaired) electrons. The first kappa shape index (κ1) is 18.5. The van der Waals surface area contributed by atoms with E-state index in [1.807, 2.05) is 24.3 Å². The van der Waals surface area contributed by atoms with Crippen LogP contribution >= 0.6 is 15.9 Å². The third-order valence-electron chi connectivity index (χ3n) is 4.20. The largest absolute Gasteiger partial charge is 0.503 e. The molecule has 2 aromatic rings. The van der Waals surface area contributed by atoms with Gasteiger partial charge in [-0.05, 0) is 51.8 Å². The number of anilines is 1. The smallest absolute Gasteiger partial charge is 0.185 e. The van der Waals surface area contributed by atoms with Crippen molar-refractivity contribution in [3.8, 4) is 11.5 Å². The van der Waals surface area contributed by atoms with E-state index in [9.17, 15) is 9.90 Å². The Morgan fingerprint density at radius 2 is 2.04 bits per heavy atom. The van der Waals surface area contributed by atoms with E-state index in [0.29, 0.717) is 29.0 Å². The van der Waals surface area contributed by atoms with Crippen LogP contribution in [0.15, 0.2) is 46.9 Å². The summed E-state index contributed by atoms with van der Waals surface area (Å²) in [6.45, 7) is 3.06. The molecule has 1 aliphatic heterocycles. The molecule has 1 saturated heterocycles. The lowest BCUT2D eigenvalue weighted by molar-refractivity contribution is 0.104. The molecule has 0 aromatic heterocycles. The zero-order valence-corrected chi connectivity index (χ0v) is 16.0. The summed E-state index contributed by atoms with van der Waals surface area (Å²) in [4.78, 5) is 14.8. The number of carbonyl (C=O) groups excluding carboxylic acids is 1. The van der Waals surface area contributed by atoms with Crippen LogP contribution in [0.3, 0.4) is 0 Å². The van der Waals surface area contributed by atoms with Crippen LogP contribution in [-0.4, -0.2) is 44.3 Å². The van der Waals surface area contributed by atoms with E-state index in [1.165, 1.54) is 13.2 Å². The Morgan fingerprint density at radius 3 is 2.77 bits per heavy atom. The number of phenols is 1. The van der Waals surface area contributed by atoms with E-state index in [2.05, 4.69) is 20.8 Å². The first-order valence-electron chi connectivity index (χ1n) is 8.30. The number of ether oxygens (including phenoxy) is 2. The van der Waals surface area contributed by atoms with E-state index >= 15 is 0 Å². The van der Waals surface area contributed by atoms with E-state index in [4.69, 9.17) is 9.47 Å². The summed E-state index contributed by atoms with van der Waals surface area (Å²) in [7, 11) is 1.48. The van der Waals surface area contributed by atoms with Crippen molar-refractivity contribution in [3.63, 3.8) is 0 Å². The topological polar surface area (TPSA) is 59.0 Å². The van der Waals surface area contributed by atoms with Crippen molar-refractivity contribution in [3.05, 3.63) is 58.1 Å². The molecular formula is C20H20BrNO4. The molecule has 3 rings (SSSR count). The zero-order chi connectivity index (χ0) is 18.5. The van der Waals surface area contributed by atoms with Gasteiger partial charge in [0, 0.05) is 24.3 Å². The van der Waals surface area contributed by atoms with Crippen LogP contribution in [0.5, 0.6) is 11.5 Å². The molecule has 5 nitrogen and oxygen atoms in total. The van der Waals surface area contributed by atoms with Crippen LogP contribution in [0.4, 0.5) is 5.69 Å². The van der Waals surface area contributed by atoms with E-state index in [0.717, 1.165) is 24.3 Å². The maximum absolute atomic E-state index is 12.5. The third kappa shape index (κ3) is 4.26. The minimum atomic E-state index is -0.0803. The lowest BCUT2D eigenvalue weighted by Gasteiger charge is -2.29. The highest BCUT2D eigenvalue weighted by Gasteiger charge is 2.13. The molecule has 0 unspecified atom stereocenters. The number of halogens is 1. The second-order valence-electron chi connectivity index (χ2n) is 5.90. The number of aromatic hydroxyl groups is 1. The van der Waals surface area contributed by atoms with Gasteiger partial charge in [-0.25, -0.2) is 0 Å². The maximum Gasteiger partial charge on any atom is 0.185 e. The molecule has 1 N–H and O–H groups in total. The standard InChI is InChI=1S/C20H20BrNO4/c1-25-19-12-14(11-17(21)20(19)24)5-6-18(23)15-3-2-4-16(13-15)22-7-9-26-10-8-22/h2-6,11-13,24H,7-10H2,1H3. The molecule has 0 amide bonds. The van der Waals surface area contributed by atoms with Gasteiger partial charge in [-0.3, -0.25) is 4.79 Å². The zero-order valence-electron chi connectivity index (χ0n) is 14.4. The monoisotopic (exact) mass is 417 g/mol. The van der Waals surface area contributed by atoms with Gasteiger partial charge < -0.3 is 19.5 Å². The lowest BCUT2D eigenvalue weighted by Crippen LogP contribution is -2.36. The lowest BCUT2D eigenvalue weighted by atomic mass is 10.1. The number of hydrogen-bond donors (Lipinski definition) is 1. The Morgan fingerprint density at radius 1 is 1.27 bits per heavy atom. The molecule has 1 heterocycles. The molecule has 26 heavy (non-hydrogen) atoms. The molecule has 1 aliphatic rings. The number of morpholine rings is 1. The summed E-state index contributed by atoms with van der Waals surface area (Å²) < 4.78 is 11.0. The van der Waals surface area contributed by atoms with Gasteiger partial charge in [0.05, 0.1) is 24.8 Å². The summed E-state index contributed by atoms with van der Waals surface area (Å²) >= 11 is 3.28. The van der Waals surface area contributed by atoms with Crippen molar-refractivity contribution in [2.45, 2.75) is 0 Å². The van der Waals surface area contributed by atoms with Crippen LogP contribution in [0.25, 0.3) is 6.08 Å². The highest BCUT2D eigenvalue weighted by Crippen LogP contribution is 2.35. The maximum atomic E-state index is 12.5. The molecule has 6 heteroatoms. The Hall–Kier alpha value is -2.31. The Balaban J connectivity index is 1.77. The average molecular weight is 418 g/mol. The molecular weight excluding hydrogens is 398 g/mol. The number of allylic oxidation sites excluding steroid dienone is 1. The Bertz CT molecular complexity index is 829. The average Bonchev–Trinajstić information content (AvgIpc) is 2.69. The van der Waals surface area contributed by atoms with Crippen molar-refractivity contribution in [1.29, 1.82) is 0 Å². The number of methoxy groups -OCH3 is 1. The highest BCUT2D eigenvalue weighted by atomic mass is 79.9. The fraction of sp³-hybridized carbons (Fsp3) is 0.250. The van der Waals surface area contributed by atoms with Gasteiger partial charge >= 0.3 is 0 Å². The summed E-state index contributed by atoms with van der Waals surface area (Å²) in [6.07, 6.45) is 3.23. The van der Waals surface area contributed by atoms with Gasteiger partial charge in [0.1, 0.15) is 0 Å². The summed E-state index contributed by atoms with van der Waals surface area (Å²) in [6, 6.07) is 11.0. The van der Waals surface area contributed by atoms with Crippen LogP contribution in [-0.2, 0) is 4.74 Å². The van der Waals surface area contributed by atoms with Crippen LogP contribution < -0.4 is 9.64 Å². The third-order valence-corrected chi connectivity index (χ3v) is 4.81. The first-order chi connectivity index (χ1) is 12.6. The number of phenolic OH excluding ortho intramolecular Hbond substituents is 1. The number of rotatable bonds is 5. The number of ketones is 1. The summed E-state index contributed by atoms with van der Waals surface area (Å²) in [5.41, 5.74) is 2.42. The van der Waals surface area contributed by atoms with E-state index in [1.54, 1.807) is 18.2 Å². The van der Waals surface area contributed by atoms with Crippen molar-refractivity contribution in [1.82, 2.24) is 0 Å². The van der Waals surface area contributed by atoms with Crippen LogP contribution in [0, 0.1) is 0 Å². The molecule has 0 saturated carbocycles. The normalized spacial score (nSPS) is 14.6. The predicted octanol–water partition coefficient (Wildman–Crippen LogP) is 3.90. The summed E-state index contributed by atoms with van der Waals surface area (Å²) in [5, 5.41) is 9.86. The number of benzene rings is 2. The minimum Gasteiger partial charge on any atom is -0.503 e. The van der Waals surface area contributed by atoms with E-state index in [-0.39, 0.29) is 11.5 Å². The van der Waals surface area contributed by atoms with Crippen molar-refractivity contribution in [2.75, 3.05) is 38.3 Å². The highest BCUT2D eigenvalue weighted by molar-refractivity contribution is 9.10. The van der Waals surface area contributed by atoms with Gasteiger partial charge in [-0.1, -0.05) is 18.2 Å². The summed E-state index contributed by atoms with van der Waals surface area (Å²) in [5.74, 6) is 0.304. The van der Waals surface area contributed by atoms with Crippen molar-refractivity contribution >= 4 is 33.5 Å². The molecule has 0 aliphatic carbocycles. The quantitative estimate of drug-likeness (QED) is 0.590.